The Labute approximate surface area is 185 Å². The number of morpholine rings is 1. The van der Waals surface area contributed by atoms with E-state index in [-0.39, 0.29) is 27.8 Å². The number of sulfonamides is 2. The standard InChI is InChI=1S/C19H21N3O6S3/c1-2-9-21-30(24,25)17-6-3-15(4-7-17)19(23)20-14-16-5-8-18(29-16)31(26,27)22-10-12-28-13-11-22/h1,3-8,21H,9-14H2,(H,20,23). The largest absolute Gasteiger partial charge is 0.379 e. The molecule has 0 spiro atoms. The van der Waals surface area contributed by atoms with Crippen LogP contribution in [-0.4, -0.2) is 59.9 Å². The third kappa shape index (κ3) is 5.70. The average molecular weight is 484 g/mol. The smallest absolute Gasteiger partial charge is 0.252 e. The molecular weight excluding hydrogens is 462 g/mol. The number of nitrogens with one attached hydrogen (secondary N) is 2. The van der Waals surface area contributed by atoms with Gasteiger partial charge in [0.25, 0.3) is 15.9 Å². The van der Waals surface area contributed by atoms with Crippen molar-refractivity contribution in [1.29, 1.82) is 0 Å². The fourth-order valence-electron chi connectivity index (χ4n) is 2.78. The summed E-state index contributed by atoms with van der Waals surface area (Å²) in [6.45, 7) is 1.38. The molecule has 166 valence electrons. The molecule has 31 heavy (non-hydrogen) atoms. The van der Waals surface area contributed by atoms with Crippen molar-refractivity contribution in [3.05, 3.63) is 46.8 Å². The van der Waals surface area contributed by atoms with E-state index in [1.165, 1.54) is 34.6 Å². The van der Waals surface area contributed by atoms with Crippen molar-refractivity contribution in [2.24, 2.45) is 0 Å². The molecule has 1 aliphatic rings. The summed E-state index contributed by atoms with van der Waals surface area (Å²) < 4.78 is 58.4. The SMILES string of the molecule is C#CCNS(=O)(=O)c1ccc(C(=O)NCc2ccc(S(=O)(=O)N3CCOCC3)s2)cc1. The van der Waals surface area contributed by atoms with Crippen LogP contribution < -0.4 is 10.0 Å². The third-order valence-corrected chi connectivity index (χ3v) is 9.28. The molecule has 1 fully saturated rings. The maximum absolute atomic E-state index is 12.7. The van der Waals surface area contributed by atoms with E-state index >= 15 is 0 Å². The highest BCUT2D eigenvalue weighted by Gasteiger charge is 2.27. The van der Waals surface area contributed by atoms with Gasteiger partial charge in [-0.2, -0.15) is 9.03 Å². The van der Waals surface area contributed by atoms with Crippen molar-refractivity contribution in [2.45, 2.75) is 15.6 Å². The summed E-state index contributed by atoms with van der Waals surface area (Å²) in [7, 11) is -7.31. The van der Waals surface area contributed by atoms with Crippen molar-refractivity contribution >= 4 is 37.3 Å². The molecule has 1 aromatic carbocycles. The Bertz CT molecular complexity index is 1180. The molecule has 1 amide bonds. The van der Waals surface area contributed by atoms with Crippen LogP contribution in [0.3, 0.4) is 0 Å². The summed E-state index contributed by atoms with van der Waals surface area (Å²) >= 11 is 1.10. The summed E-state index contributed by atoms with van der Waals surface area (Å²) in [5.74, 6) is 1.78. The van der Waals surface area contributed by atoms with Crippen molar-refractivity contribution < 1.29 is 26.4 Å². The van der Waals surface area contributed by atoms with Crippen LogP contribution in [0, 0.1) is 12.3 Å². The molecule has 9 nitrogen and oxygen atoms in total. The van der Waals surface area contributed by atoms with Crippen molar-refractivity contribution in [1.82, 2.24) is 14.3 Å². The minimum absolute atomic E-state index is 0.00415. The Balaban J connectivity index is 1.61. The van der Waals surface area contributed by atoms with Crippen LogP contribution in [0.25, 0.3) is 0 Å². The summed E-state index contributed by atoms with van der Waals surface area (Å²) in [4.78, 5) is 13.0. The topological polar surface area (TPSA) is 122 Å². The molecule has 2 heterocycles. The van der Waals surface area contributed by atoms with Crippen LogP contribution in [0.4, 0.5) is 0 Å². The van der Waals surface area contributed by atoms with Gasteiger partial charge in [-0.25, -0.2) is 16.8 Å². The Morgan fingerprint density at radius 3 is 2.42 bits per heavy atom. The first-order valence-corrected chi connectivity index (χ1v) is 13.0. The molecule has 0 saturated carbocycles. The number of nitrogens with zero attached hydrogens (tertiary/aromatic N) is 1. The molecule has 0 unspecified atom stereocenters. The van der Waals surface area contributed by atoms with Crippen LogP contribution in [0.2, 0.25) is 0 Å². The van der Waals surface area contributed by atoms with Gasteiger partial charge in [0.2, 0.25) is 10.0 Å². The van der Waals surface area contributed by atoms with Gasteiger partial charge in [-0.05, 0) is 36.4 Å². The number of benzene rings is 1. The maximum Gasteiger partial charge on any atom is 0.252 e. The molecule has 0 aliphatic carbocycles. The number of hydrogen-bond acceptors (Lipinski definition) is 7. The van der Waals surface area contributed by atoms with Gasteiger partial charge in [0.05, 0.1) is 31.2 Å². The van der Waals surface area contributed by atoms with Crippen LogP contribution in [0.5, 0.6) is 0 Å². The number of carbonyl (C=O) groups excluding carboxylic acids is 1. The molecule has 1 saturated heterocycles. The monoisotopic (exact) mass is 483 g/mol. The van der Waals surface area contributed by atoms with Crippen LogP contribution in [0.1, 0.15) is 15.2 Å². The van der Waals surface area contributed by atoms with Crippen LogP contribution in [0.15, 0.2) is 45.5 Å². The first kappa shape index (κ1) is 23.4. The predicted octanol–water partition coefficient (Wildman–Crippen LogP) is 0.611. The quantitative estimate of drug-likeness (QED) is 0.531. The molecule has 1 aliphatic heterocycles. The Hall–Kier alpha value is -2.27. The number of ether oxygens (including phenoxy) is 1. The number of rotatable bonds is 8. The van der Waals surface area contributed by atoms with Gasteiger partial charge in [-0.3, -0.25) is 4.79 Å². The minimum atomic E-state index is -3.73. The highest BCUT2D eigenvalue weighted by Crippen LogP contribution is 2.25. The van der Waals surface area contributed by atoms with E-state index in [4.69, 9.17) is 11.2 Å². The molecule has 2 aromatic rings. The molecule has 2 N–H and O–H groups in total. The first-order valence-electron chi connectivity index (χ1n) is 9.22. The summed E-state index contributed by atoms with van der Waals surface area (Å²) in [5, 5.41) is 2.70. The van der Waals surface area contributed by atoms with Crippen LogP contribution >= 0.6 is 11.3 Å². The average Bonchev–Trinajstić information content (AvgIpc) is 3.27. The summed E-state index contributed by atoms with van der Waals surface area (Å²) in [6, 6.07) is 8.59. The van der Waals surface area contributed by atoms with Gasteiger partial charge in [0.1, 0.15) is 4.21 Å². The fourth-order valence-corrected chi connectivity index (χ4v) is 6.57. The van der Waals surface area contributed by atoms with Crippen molar-refractivity contribution in [2.75, 3.05) is 32.8 Å². The molecule has 3 rings (SSSR count). The van der Waals surface area contributed by atoms with Gasteiger partial charge in [-0.1, -0.05) is 5.92 Å². The molecule has 0 atom stereocenters. The van der Waals surface area contributed by atoms with E-state index in [1.54, 1.807) is 6.07 Å². The van der Waals surface area contributed by atoms with Gasteiger partial charge in [-0.15, -0.1) is 17.8 Å². The lowest BCUT2D eigenvalue weighted by Crippen LogP contribution is -2.40. The lowest BCUT2D eigenvalue weighted by atomic mass is 10.2. The Kier molecular flexibility index (Phi) is 7.47. The second kappa shape index (κ2) is 9.90. The van der Waals surface area contributed by atoms with Crippen molar-refractivity contribution in [3.8, 4) is 12.3 Å². The van der Waals surface area contributed by atoms with E-state index in [0.717, 1.165) is 11.3 Å². The molecule has 0 bridgehead atoms. The molecule has 0 radical (unpaired) electrons. The zero-order valence-corrected chi connectivity index (χ0v) is 18.9. The third-order valence-electron chi connectivity index (χ3n) is 4.42. The number of carbonyl (C=O) groups is 1. The van der Waals surface area contributed by atoms with Crippen LogP contribution in [-0.2, 0) is 31.3 Å². The van der Waals surface area contributed by atoms with E-state index in [2.05, 4.69) is 16.0 Å². The highest BCUT2D eigenvalue weighted by molar-refractivity contribution is 7.91. The molecule has 1 aromatic heterocycles. The molecular formula is C19H21N3O6S3. The Morgan fingerprint density at radius 1 is 1.10 bits per heavy atom. The summed E-state index contributed by atoms with van der Waals surface area (Å²) in [6.07, 6.45) is 5.05. The zero-order chi connectivity index (χ0) is 22.5. The number of hydrogen-bond donors (Lipinski definition) is 2. The van der Waals surface area contributed by atoms with E-state index in [1.807, 2.05) is 0 Å². The number of amides is 1. The minimum Gasteiger partial charge on any atom is -0.379 e. The zero-order valence-electron chi connectivity index (χ0n) is 16.4. The second-order valence-electron chi connectivity index (χ2n) is 6.47. The van der Waals surface area contributed by atoms with Crippen molar-refractivity contribution in [3.63, 3.8) is 0 Å². The molecule has 12 heteroatoms. The number of thiophene rings is 1. The maximum atomic E-state index is 12.7. The van der Waals surface area contributed by atoms with Gasteiger partial charge in [0.15, 0.2) is 0 Å². The lowest BCUT2D eigenvalue weighted by molar-refractivity contribution is 0.0731. The second-order valence-corrected chi connectivity index (χ2v) is 11.6. The lowest BCUT2D eigenvalue weighted by Gasteiger charge is -2.25. The summed E-state index contributed by atoms with van der Waals surface area (Å²) in [5.41, 5.74) is 0.272. The fraction of sp³-hybridized carbons (Fsp3) is 0.316. The normalized spacial score (nSPS) is 15.3. The van der Waals surface area contributed by atoms with Gasteiger partial charge < -0.3 is 10.1 Å². The van der Waals surface area contributed by atoms with E-state index < -0.39 is 26.0 Å². The van der Waals surface area contributed by atoms with E-state index in [9.17, 15) is 21.6 Å². The first-order chi connectivity index (χ1) is 14.7. The Morgan fingerprint density at radius 2 is 1.77 bits per heavy atom. The van der Waals surface area contributed by atoms with E-state index in [0.29, 0.717) is 31.2 Å². The highest BCUT2D eigenvalue weighted by atomic mass is 32.2. The van der Waals surface area contributed by atoms with Gasteiger partial charge in [0, 0.05) is 23.5 Å². The van der Waals surface area contributed by atoms with Gasteiger partial charge >= 0.3 is 0 Å². The predicted molar refractivity (Wildman–Crippen MR) is 116 cm³/mol. The number of terminal acetylenes is 1.